The van der Waals surface area contributed by atoms with Crippen molar-refractivity contribution < 1.29 is 23.9 Å². The molecular formula is C25H29NO5. The molecule has 2 aromatic rings. The summed E-state index contributed by atoms with van der Waals surface area (Å²) in [4.78, 5) is 39.8. The highest BCUT2D eigenvalue weighted by Gasteiger charge is 2.44. The molecule has 2 amide bonds. The fourth-order valence-electron chi connectivity index (χ4n) is 3.58. The minimum atomic E-state index is -1.02. The van der Waals surface area contributed by atoms with Crippen LogP contribution in [0.4, 0.5) is 4.79 Å². The fraction of sp³-hybridized carbons (Fsp3) is 0.400. The van der Waals surface area contributed by atoms with Crippen LogP contribution in [-0.4, -0.2) is 34.5 Å². The first-order valence-electron chi connectivity index (χ1n) is 10.5. The van der Waals surface area contributed by atoms with Crippen LogP contribution in [0.25, 0.3) is 0 Å². The molecule has 31 heavy (non-hydrogen) atoms. The zero-order valence-corrected chi connectivity index (χ0v) is 18.4. The number of amides is 2. The van der Waals surface area contributed by atoms with E-state index in [2.05, 4.69) is 0 Å². The van der Waals surface area contributed by atoms with E-state index in [0.29, 0.717) is 12.8 Å². The van der Waals surface area contributed by atoms with Crippen molar-refractivity contribution in [3.63, 3.8) is 0 Å². The molecule has 2 atom stereocenters. The minimum absolute atomic E-state index is 0.335. The standard InChI is InChI=1S/C25H29NO5/c1-17-15-16-20(26(22(17)27)24(29)31-25(2,3)4)23(28)30-21(18-11-7-5-8-12-18)19-13-9-6-10-14-19/h5-14,17,20-21H,15-16H2,1-4H3/t17-,20+/m1/s1. The van der Waals surface area contributed by atoms with Crippen LogP contribution in [0.3, 0.4) is 0 Å². The van der Waals surface area contributed by atoms with E-state index in [9.17, 15) is 14.4 Å². The predicted octanol–water partition coefficient (Wildman–Crippen LogP) is 4.88. The van der Waals surface area contributed by atoms with Crippen LogP contribution < -0.4 is 0 Å². The number of benzene rings is 2. The average molecular weight is 424 g/mol. The number of imide groups is 1. The number of nitrogens with zero attached hydrogens (tertiary/aromatic N) is 1. The number of hydrogen-bond donors (Lipinski definition) is 0. The van der Waals surface area contributed by atoms with Crippen molar-refractivity contribution in [3.8, 4) is 0 Å². The Balaban J connectivity index is 1.89. The van der Waals surface area contributed by atoms with Crippen molar-refractivity contribution in [3.05, 3.63) is 71.8 Å². The minimum Gasteiger partial charge on any atom is -0.451 e. The summed E-state index contributed by atoms with van der Waals surface area (Å²) in [6, 6.07) is 17.8. The summed E-state index contributed by atoms with van der Waals surface area (Å²) >= 11 is 0. The molecule has 0 bridgehead atoms. The Morgan fingerprint density at radius 1 is 0.935 bits per heavy atom. The largest absolute Gasteiger partial charge is 0.451 e. The lowest BCUT2D eigenvalue weighted by Gasteiger charge is -2.36. The van der Waals surface area contributed by atoms with Gasteiger partial charge in [0.05, 0.1) is 0 Å². The molecule has 164 valence electrons. The van der Waals surface area contributed by atoms with Gasteiger partial charge in [-0.25, -0.2) is 14.5 Å². The van der Waals surface area contributed by atoms with Gasteiger partial charge in [0, 0.05) is 5.92 Å². The molecule has 2 aromatic carbocycles. The molecule has 0 radical (unpaired) electrons. The van der Waals surface area contributed by atoms with Crippen molar-refractivity contribution in [1.82, 2.24) is 4.90 Å². The van der Waals surface area contributed by atoms with Crippen LogP contribution in [-0.2, 0) is 19.1 Å². The molecule has 3 rings (SSSR count). The predicted molar refractivity (Wildman–Crippen MR) is 116 cm³/mol. The molecule has 0 aromatic heterocycles. The van der Waals surface area contributed by atoms with Crippen LogP contribution in [0.1, 0.15) is 57.8 Å². The van der Waals surface area contributed by atoms with Crippen LogP contribution in [0.5, 0.6) is 0 Å². The van der Waals surface area contributed by atoms with Crippen molar-refractivity contribution in [2.24, 2.45) is 5.92 Å². The van der Waals surface area contributed by atoms with E-state index in [1.807, 2.05) is 60.7 Å². The Morgan fingerprint density at radius 2 is 1.45 bits per heavy atom. The van der Waals surface area contributed by atoms with E-state index in [-0.39, 0.29) is 5.92 Å². The maximum absolute atomic E-state index is 13.3. The molecule has 0 unspecified atom stereocenters. The first-order valence-corrected chi connectivity index (χ1v) is 10.5. The van der Waals surface area contributed by atoms with Gasteiger partial charge in [0.1, 0.15) is 11.6 Å². The average Bonchev–Trinajstić information content (AvgIpc) is 2.73. The summed E-state index contributed by atoms with van der Waals surface area (Å²) in [5.41, 5.74) is 0.825. The zero-order chi connectivity index (χ0) is 22.6. The highest BCUT2D eigenvalue weighted by Crippen LogP contribution is 2.30. The summed E-state index contributed by atoms with van der Waals surface area (Å²) in [5, 5.41) is 0. The Hall–Kier alpha value is -3.15. The Morgan fingerprint density at radius 3 is 1.94 bits per heavy atom. The lowest BCUT2D eigenvalue weighted by Crippen LogP contribution is -2.55. The monoisotopic (exact) mass is 423 g/mol. The third kappa shape index (κ3) is 5.51. The third-order valence-corrected chi connectivity index (χ3v) is 5.14. The summed E-state index contributed by atoms with van der Waals surface area (Å²) in [5.74, 6) is -1.40. The van der Waals surface area contributed by atoms with Crippen LogP contribution in [0.15, 0.2) is 60.7 Å². The van der Waals surface area contributed by atoms with Crippen LogP contribution in [0.2, 0.25) is 0 Å². The number of rotatable bonds is 4. The molecule has 0 aliphatic carbocycles. The number of carbonyl (C=O) groups excluding carboxylic acids is 3. The van der Waals surface area contributed by atoms with E-state index < -0.39 is 35.7 Å². The van der Waals surface area contributed by atoms with E-state index in [4.69, 9.17) is 9.47 Å². The van der Waals surface area contributed by atoms with Gasteiger partial charge in [0.15, 0.2) is 6.10 Å². The number of ether oxygens (including phenoxy) is 2. The fourth-order valence-corrected chi connectivity index (χ4v) is 3.58. The van der Waals surface area contributed by atoms with Crippen molar-refractivity contribution in [1.29, 1.82) is 0 Å². The number of carbonyl (C=O) groups is 3. The number of piperidine rings is 1. The van der Waals surface area contributed by atoms with Crippen LogP contribution >= 0.6 is 0 Å². The second-order valence-electron chi connectivity index (χ2n) is 8.82. The van der Waals surface area contributed by atoms with Gasteiger partial charge in [-0.15, -0.1) is 0 Å². The molecule has 0 saturated carbocycles. The maximum Gasteiger partial charge on any atom is 0.417 e. The first kappa shape index (κ1) is 22.5. The molecule has 0 N–H and O–H groups in total. The quantitative estimate of drug-likeness (QED) is 0.655. The number of esters is 1. The summed E-state index contributed by atoms with van der Waals surface area (Å²) in [6.45, 7) is 6.91. The lowest BCUT2D eigenvalue weighted by atomic mass is 9.93. The van der Waals surface area contributed by atoms with Gasteiger partial charge in [-0.2, -0.15) is 0 Å². The number of hydrogen-bond acceptors (Lipinski definition) is 5. The Labute approximate surface area is 183 Å². The highest BCUT2D eigenvalue weighted by molar-refractivity contribution is 5.98. The van der Waals surface area contributed by atoms with Gasteiger partial charge in [-0.3, -0.25) is 4.79 Å². The van der Waals surface area contributed by atoms with Gasteiger partial charge in [0.25, 0.3) is 0 Å². The van der Waals surface area contributed by atoms with Crippen molar-refractivity contribution in [2.75, 3.05) is 0 Å². The topological polar surface area (TPSA) is 72.9 Å². The third-order valence-electron chi connectivity index (χ3n) is 5.14. The van der Waals surface area contributed by atoms with Gasteiger partial charge in [-0.1, -0.05) is 67.6 Å². The van der Waals surface area contributed by atoms with Crippen LogP contribution in [0, 0.1) is 5.92 Å². The normalized spacial score (nSPS) is 19.3. The molecular weight excluding hydrogens is 394 g/mol. The smallest absolute Gasteiger partial charge is 0.417 e. The van der Waals surface area contributed by atoms with E-state index in [1.54, 1.807) is 27.7 Å². The molecule has 1 aliphatic heterocycles. The summed E-state index contributed by atoms with van der Waals surface area (Å²) < 4.78 is 11.3. The summed E-state index contributed by atoms with van der Waals surface area (Å²) in [6.07, 6.45) is -0.632. The van der Waals surface area contributed by atoms with Gasteiger partial charge >= 0.3 is 12.1 Å². The first-order chi connectivity index (χ1) is 14.7. The molecule has 6 nitrogen and oxygen atoms in total. The second-order valence-corrected chi connectivity index (χ2v) is 8.82. The molecule has 6 heteroatoms. The lowest BCUT2D eigenvalue weighted by molar-refractivity contribution is -0.161. The van der Waals surface area contributed by atoms with Gasteiger partial charge < -0.3 is 9.47 Å². The van der Waals surface area contributed by atoms with Crippen molar-refractivity contribution >= 4 is 18.0 Å². The Bertz CT molecular complexity index is 880. The SMILES string of the molecule is C[C@@H]1CC[C@@H](C(=O)OC(c2ccccc2)c2ccccc2)N(C(=O)OC(C)(C)C)C1=O. The molecule has 1 saturated heterocycles. The van der Waals surface area contributed by atoms with Gasteiger partial charge in [-0.05, 0) is 44.7 Å². The second kappa shape index (κ2) is 9.33. The zero-order valence-electron chi connectivity index (χ0n) is 18.4. The Kier molecular flexibility index (Phi) is 6.78. The van der Waals surface area contributed by atoms with E-state index in [0.717, 1.165) is 16.0 Å². The van der Waals surface area contributed by atoms with E-state index >= 15 is 0 Å². The van der Waals surface area contributed by atoms with E-state index in [1.165, 1.54) is 0 Å². The molecule has 1 fully saturated rings. The molecule has 0 spiro atoms. The van der Waals surface area contributed by atoms with Gasteiger partial charge in [0.2, 0.25) is 5.91 Å². The molecule has 1 heterocycles. The number of likely N-dealkylation sites (tertiary alicyclic amines) is 1. The summed E-state index contributed by atoms with van der Waals surface area (Å²) in [7, 11) is 0. The van der Waals surface area contributed by atoms with Crippen molar-refractivity contribution in [2.45, 2.75) is 58.3 Å². The highest BCUT2D eigenvalue weighted by atomic mass is 16.6. The maximum atomic E-state index is 13.3. The molecule has 1 aliphatic rings.